The highest BCUT2D eigenvalue weighted by atomic mass is 16.5. The van der Waals surface area contributed by atoms with Crippen molar-refractivity contribution < 1.29 is 19.4 Å². The Balaban J connectivity index is 2.60. The zero-order chi connectivity index (χ0) is 15.4. The van der Waals surface area contributed by atoms with Gasteiger partial charge in [-0.25, -0.2) is 0 Å². The number of ketones is 1. The number of aromatic hydroxyl groups is 1. The first-order valence-corrected chi connectivity index (χ1v) is 6.61. The van der Waals surface area contributed by atoms with Gasteiger partial charge in [-0.15, -0.1) is 0 Å². The Bertz CT molecular complexity index is 689. The van der Waals surface area contributed by atoms with E-state index in [1.54, 1.807) is 36.4 Å². The van der Waals surface area contributed by atoms with Crippen LogP contribution in [0.1, 0.15) is 38.8 Å². The maximum Gasteiger partial charge on any atom is 0.197 e. The monoisotopic (exact) mass is 284 g/mol. The van der Waals surface area contributed by atoms with Crippen LogP contribution in [0.25, 0.3) is 0 Å². The summed E-state index contributed by atoms with van der Waals surface area (Å²) >= 11 is 0. The Hall–Kier alpha value is -2.62. The predicted molar refractivity (Wildman–Crippen MR) is 79.3 cm³/mol. The predicted octanol–water partition coefficient (Wildman–Crippen LogP) is 3.01. The van der Waals surface area contributed by atoms with Crippen molar-refractivity contribution in [2.24, 2.45) is 0 Å². The van der Waals surface area contributed by atoms with E-state index in [1.807, 2.05) is 6.92 Å². The number of aryl methyl sites for hydroxylation is 1. The minimum Gasteiger partial charge on any atom is -0.504 e. The van der Waals surface area contributed by atoms with Gasteiger partial charge in [-0.2, -0.15) is 0 Å². The molecule has 0 radical (unpaired) electrons. The van der Waals surface area contributed by atoms with Crippen LogP contribution in [-0.2, 0) is 6.42 Å². The van der Waals surface area contributed by atoms with Crippen LogP contribution in [0, 0.1) is 0 Å². The Kier molecular flexibility index (Phi) is 4.38. The summed E-state index contributed by atoms with van der Waals surface area (Å²) in [5, 5.41) is 10.2. The number of phenols is 1. The number of hydrogen-bond acceptors (Lipinski definition) is 4. The van der Waals surface area contributed by atoms with Gasteiger partial charge in [0.1, 0.15) is 0 Å². The summed E-state index contributed by atoms with van der Waals surface area (Å²) in [6.07, 6.45) is 1.33. The van der Waals surface area contributed by atoms with Gasteiger partial charge in [-0.3, -0.25) is 9.59 Å². The number of phenolic OH excluding ortho intramolecular Hbond substituents is 1. The van der Waals surface area contributed by atoms with E-state index in [1.165, 1.54) is 7.11 Å². The van der Waals surface area contributed by atoms with Gasteiger partial charge in [0, 0.05) is 11.1 Å². The largest absolute Gasteiger partial charge is 0.504 e. The van der Waals surface area contributed by atoms with E-state index in [4.69, 9.17) is 4.74 Å². The number of rotatable bonds is 5. The SMILES string of the molecule is CCc1cc(OC)c(O)c(C(=O)c2ccccc2C=O)c1. The molecule has 2 rings (SSSR count). The fourth-order valence-corrected chi connectivity index (χ4v) is 2.15. The molecule has 2 aromatic carbocycles. The average molecular weight is 284 g/mol. The lowest BCUT2D eigenvalue weighted by Gasteiger charge is -2.11. The normalized spacial score (nSPS) is 10.2. The summed E-state index contributed by atoms with van der Waals surface area (Å²) in [4.78, 5) is 23.7. The maximum absolute atomic E-state index is 12.6. The fraction of sp³-hybridized carbons (Fsp3) is 0.176. The van der Waals surface area contributed by atoms with Crippen LogP contribution >= 0.6 is 0 Å². The number of ether oxygens (including phenoxy) is 1. The van der Waals surface area contributed by atoms with E-state index in [9.17, 15) is 14.7 Å². The Morgan fingerprint density at radius 1 is 1.24 bits per heavy atom. The topological polar surface area (TPSA) is 63.6 Å². The molecule has 2 aromatic rings. The molecule has 108 valence electrons. The molecule has 0 aliphatic carbocycles. The van der Waals surface area contributed by atoms with Gasteiger partial charge < -0.3 is 9.84 Å². The van der Waals surface area contributed by atoms with Gasteiger partial charge >= 0.3 is 0 Å². The van der Waals surface area contributed by atoms with E-state index in [2.05, 4.69) is 0 Å². The summed E-state index contributed by atoms with van der Waals surface area (Å²) in [6, 6.07) is 9.82. The zero-order valence-electron chi connectivity index (χ0n) is 11.9. The molecule has 4 heteroatoms. The molecule has 0 saturated heterocycles. The molecule has 0 aromatic heterocycles. The van der Waals surface area contributed by atoms with E-state index in [0.717, 1.165) is 5.56 Å². The van der Waals surface area contributed by atoms with Crippen LogP contribution in [0.4, 0.5) is 0 Å². The number of carbonyl (C=O) groups excluding carboxylic acids is 2. The van der Waals surface area contributed by atoms with Crippen molar-refractivity contribution in [3.8, 4) is 11.5 Å². The highest BCUT2D eigenvalue weighted by Gasteiger charge is 2.20. The number of benzene rings is 2. The molecule has 0 amide bonds. The van der Waals surface area contributed by atoms with Gasteiger partial charge in [-0.1, -0.05) is 31.2 Å². The molecule has 0 fully saturated rings. The van der Waals surface area contributed by atoms with Crippen LogP contribution in [0.2, 0.25) is 0 Å². The molecule has 0 atom stereocenters. The Labute approximate surface area is 123 Å². The zero-order valence-corrected chi connectivity index (χ0v) is 11.9. The fourth-order valence-electron chi connectivity index (χ4n) is 2.15. The molecule has 0 aliphatic rings. The lowest BCUT2D eigenvalue weighted by molar-refractivity contribution is 0.102. The van der Waals surface area contributed by atoms with Gasteiger partial charge in [0.2, 0.25) is 0 Å². The number of hydrogen-bond donors (Lipinski definition) is 1. The smallest absolute Gasteiger partial charge is 0.197 e. The lowest BCUT2D eigenvalue weighted by atomic mass is 9.96. The van der Waals surface area contributed by atoms with Crippen molar-refractivity contribution in [1.82, 2.24) is 0 Å². The molecule has 4 nitrogen and oxygen atoms in total. The first-order chi connectivity index (χ1) is 10.1. The van der Waals surface area contributed by atoms with E-state index < -0.39 is 5.78 Å². The number of methoxy groups -OCH3 is 1. The van der Waals surface area contributed by atoms with Crippen LogP contribution in [0.5, 0.6) is 11.5 Å². The highest BCUT2D eigenvalue weighted by Crippen LogP contribution is 2.33. The molecule has 0 heterocycles. The van der Waals surface area contributed by atoms with E-state index >= 15 is 0 Å². The van der Waals surface area contributed by atoms with Crippen LogP contribution < -0.4 is 4.74 Å². The number of carbonyl (C=O) groups is 2. The summed E-state index contributed by atoms with van der Waals surface area (Å²) in [7, 11) is 1.43. The second-order valence-electron chi connectivity index (χ2n) is 4.58. The molecule has 0 unspecified atom stereocenters. The summed E-state index contributed by atoms with van der Waals surface area (Å²) in [6.45, 7) is 1.94. The van der Waals surface area contributed by atoms with Gasteiger partial charge in [0.15, 0.2) is 23.6 Å². The third kappa shape index (κ3) is 2.79. The van der Waals surface area contributed by atoms with Crippen molar-refractivity contribution in [1.29, 1.82) is 0 Å². The minimum absolute atomic E-state index is 0.139. The van der Waals surface area contributed by atoms with Gasteiger partial charge in [0.25, 0.3) is 0 Å². The summed E-state index contributed by atoms with van der Waals surface area (Å²) in [5.41, 5.74) is 1.57. The van der Waals surface area contributed by atoms with Crippen molar-refractivity contribution in [2.45, 2.75) is 13.3 Å². The quantitative estimate of drug-likeness (QED) is 0.677. The molecule has 0 aliphatic heterocycles. The highest BCUT2D eigenvalue weighted by molar-refractivity contribution is 6.14. The molecule has 0 saturated carbocycles. The van der Waals surface area contributed by atoms with Gasteiger partial charge in [-0.05, 0) is 24.1 Å². The first kappa shape index (κ1) is 14.8. The third-order valence-corrected chi connectivity index (χ3v) is 3.34. The van der Waals surface area contributed by atoms with Crippen molar-refractivity contribution in [2.75, 3.05) is 7.11 Å². The molecule has 0 bridgehead atoms. The minimum atomic E-state index is -0.399. The van der Waals surface area contributed by atoms with Crippen LogP contribution in [0.3, 0.4) is 0 Å². The third-order valence-electron chi connectivity index (χ3n) is 3.34. The molecule has 0 spiro atoms. The molecule has 21 heavy (non-hydrogen) atoms. The van der Waals surface area contributed by atoms with E-state index in [-0.39, 0.29) is 22.6 Å². The number of aldehydes is 1. The second-order valence-corrected chi connectivity index (χ2v) is 4.58. The molecular formula is C17H16O4. The van der Waals surface area contributed by atoms with Crippen molar-refractivity contribution >= 4 is 12.1 Å². The average Bonchev–Trinajstić information content (AvgIpc) is 2.54. The Morgan fingerprint density at radius 3 is 2.57 bits per heavy atom. The van der Waals surface area contributed by atoms with Crippen molar-refractivity contribution in [3.05, 3.63) is 58.7 Å². The van der Waals surface area contributed by atoms with Crippen LogP contribution in [-0.4, -0.2) is 24.3 Å². The summed E-state index contributed by atoms with van der Waals surface area (Å²) < 4.78 is 5.10. The van der Waals surface area contributed by atoms with Gasteiger partial charge in [0.05, 0.1) is 12.7 Å². The molecule has 1 N–H and O–H groups in total. The Morgan fingerprint density at radius 2 is 1.95 bits per heavy atom. The van der Waals surface area contributed by atoms with Crippen LogP contribution in [0.15, 0.2) is 36.4 Å². The standard InChI is InChI=1S/C17H16O4/c1-3-11-8-14(17(20)15(9-11)21-2)16(19)13-7-5-4-6-12(13)10-18/h4-10,20H,3H2,1-2H3. The first-order valence-electron chi connectivity index (χ1n) is 6.61. The van der Waals surface area contributed by atoms with Crippen molar-refractivity contribution in [3.63, 3.8) is 0 Å². The molecular weight excluding hydrogens is 268 g/mol. The second kappa shape index (κ2) is 6.22. The maximum atomic E-state index is 12.6. The lowest BCUT2D eigenvalue weighted by Crippen LogP contribution is -2.07. The summed E-state index contributed by atoms with van der Waals surface area (Å²) in [5.74, 6) is -0.356. The van der Waals surface area contributed by atoms with E-state index in [0.29, 0.717) is 18.3 Å².